The normalized spacial score (nSPS) is 15.8. The van der Waals surface area contributed by atoms with Crippen LogP contribution in [-0.4, -0.2) is 5.78 Å². The lowest BCUT2D eigenvalue weighted by atomic mass is 9.86. The molecule has 0 aliphatic heterocycles. The van der Waals surface area contributed by atoms with Crippen molar-refractivity contribution in [3.63, 3.8) is 0 Å². The molecule has 2 heteroatoms. The van der Waals surface area contributed by atoms with Crippen molar-refractivity contribution in [1.82, 2.24) is 0 Å². The van der Waals surface area contributed by atoms with E-state index >= 15 is 0 Å². The number of carbonyl (C=O) groups is 1. The summed E-state index contributed by atoms with van der Waals surface area (Å²) in [7, 11) is 0. The molecule has 0 radical (unpaired) electrons. The summed E-state index contributed by atoms with van der Waals surface area (Å²) in [5.74, 6) is 0.106. The maximum absolute atomic E-state index is 12.4. The minimum atomic E-state index is 0.106. The van der Waals surface area contributed by atoms with Crippen LogP contribution in [0.4, 0.5) is 0 Å². The lowest BCUT2D eigenvalue weighted by Crippen LogP contribution is -2.13. The molecule has 0 aromatic heterocycles. The molecule has 1 aliphatic rings. The van der Waals surface area contributed by atoms with Gasteiger partial charge in [0.05, 0.1) is 11.6 Å². The Balaban J connectivity index is 1.98. The Morgan fingerprint density at radius 1 is 1.05 bits per heavy atom. The minimum absolute atomic E-state index is 0.106. The van der Waals surface area contributed by atoms with Gasteiger partial charge in [0.1, 0.15) is 0 Å². The summed E-state index contributed by atoms with van der Waals surface area (Å²) < 4.78 is 0. The van der Waals surface area contributed by atoms with Gasteiger partial charge < -0.3 is 0 Å². The van der Waals surface area contributed by atoms with Crippen LogP contribution in [0.2, 0.25) is 0 Å². The number of hydrogen-bond donors (Lipinski definition) is 0. The largest absolute Gasteiger partial charge is 0.289 e. The first-order chi connectivity index (χ1) is 9.78. The minimum Gasteiger partial charge on any atom is -0.289 e. The third-order valence-electron chi connectivity index (χ3n) is 3.57. The van der Waals surface area contributed by atoms with Crippen molar-refractivity contribution in [3.8, 4) is 6.07 Å². The van der Waals surface area contributed by atoms with E-state index in [1.165, 1.54) is 0 Å². The molecule has 20 heavy (non-hydrogen) atoms. The fraction of sp³-hybridized carbons (Fsp3) is 0.111. The molecule has 96 valence electrons. The summed E-state index contributed by atoms with van der Waals surface area (Å²) in [6, 6.07) is 17.2. The predicted molar refractivity (Wildman–Crippen MR) is 78.2 cm³/mol. The van der Waals surface area contributed by atoms with Gasteiger partial charge in [-0.05, 0) is 42.2 Å². The monoisotopic (exact) mass is 259 g/mol. The number of hydrogen-bond acceptors (Lipinski definition) is 2. The van der Waals surface area contributed by atoms with Gasteiger partial charge >= 0.3 is 0 Å². The van der Waals surface area contributed by atoms with Crippen LogP contribution < -0.4 is 0 Å². The second-order valence-corrected chi connectivity index (χ2v) is 4.89. The first kappa shape index (κ1) is 12.4. The molecule has 1 aliphatic carbocycles. The van der Waals surface area contributed by atoms with Crippen LogP contribution in [0.1, 0.15) is 33.5 Å². The van der Waals surface area contributed by atoms with Crippen molar-refractivity contribution in [2.45, 2.75) is 12.8 Å². The van der Waals surface area contributed by atoms with Crippen molar-refractivity contribution in [3.05, 3.63) is 76.4 Å². The summed E-state index contributed by atoms with van der Waals surface area (Å²) in [5, 5.41) is 8.91. The topological polar surface area (TPSA) is 40.9 Å². The van der Waals surface area contributed by atoms with Gasteiger partial charge in [-0.2, -0.15) is 5.26 Å². The van der Waals surface area contributed by atoms with Crippen molar-refractivity contribution >= 4 is 11.9 Å². The van der Waals surface area contributed by atoms with Crippen LogP contribution in [0.25, 0.3) is 6.08 Å². The highest BCUT2D eigenvalue weighted by molar-refractivity contribution is 6.13. The van der Waals surface area contributed by atoms with Gasteiger partial charge in [-0.1, -0.05) is 36.4 Å². The third kappa shape index (κ3) is 2.26. The lowest BCUT2D eigenvalue weighted by molar-refractivity contribution is 0.102. The first-order valence-electron chi connectivity index (χ1n) is 6.61. The number of Topliss-reactive ketones (excluding diaryl/α,β-unsaturated/α-hetero) is 1. The van der Waals surface area contributed by atoms with Crippen LogP contribution in [0.5, 0.6) is 0 Å². The van der Waals surface area contributed by atoms with Crippen LogP contribution in [-0.2, 0) is 6.42 Å². The van der Waals surface area contributed by atoms with Gasteiger partial charge in [-0.3, -0.25) is 4.79 Å². The molecule has 0 atom stereocenters. The predicted octanol–water partition coefficient (Wildman–Crippen LogP) is 3.77. The number of benzene rings is 2. The molecule has 0 heterocycles. The maximum Gasteiger partial charge on any atom is 0.189 e. The Hall–Kier alpha value is -2.66. The quantitative estimate of drug-likeness (QED) is 0.731. The van der Waals surface area contributed by atoms with Gasteiger partial charge in [0.25, 0.3) is 0 Å². The molecule has 0 bridgehead atoms. The van der Waals surface area contributed by atoms with Crippen molar-refractivity contribution in [2.24, 2.45) is 0 Å². The summed E-state index contributed by atoms with van der Waals surface area (Å²) in [5.41, 5.74) is 4.27. The van der Waals surface area contributed by atoms with Crippen LogP contribution in [0.3, 0.4) is 0 Å². The van der Waals surface area contributed by atoms with Crippen LogP contribution in [0, 0.1) is 11.3 Å². The molecule has 0 fully saturated rings. The Kier molecular flexibility index (Phi) is 3.18. The van der Waals surface area contributed by atoms with E-state index in [2.05, 4.69) is 6.07 Å². The molecular weight excluding hydrogens is 246 g/mol. The molecule has 0 saturated carbocycles. The third-order valence-corrected chi connectivity index (χ3v) is 3.57. The second kappa shape index (κ2) is 5.14. The number of nitriles is 1. The summed E-state index contributed by atoms with van der Waals surface area (Å²) in [6.45, 7) is 0. The number of fused-ring (bicyclic) bond motifs is 1. The zero-order chi connectivity index (χ0) is 13.9. The van der Waals surface area contributed by atoms with Crippen molar-refractivity contribution < 1.29 is 4.79 Å². The lowest BCUT2D eigenvalue weighted by Gasteiger charge is -2.17. The van der Waals surface area contributed by atoms with E-state index in [1.54, 1.807) is 12.1 Å². The fourth-order valence-electron chi connectivity index (χ4n) is 2.55. The number of allylic oxidation sites excluding steroid dienone is 1. The first-order valence-corrected chi connectivity index (χ1v) is 6.61. The number of rotatable bonds is 1. The maximum atomic E-state index is 12.4. The Morgan fingerprint density at radius 3 is 2.75 bits per heavy atom. The molecule has 2 aromatic rings. The summed E-state index contributed by atoms with van der Waals surface area (Å²) in [4.78, 5) is 12.4. The van der Waals surface area contributed by atoms with Gasteiger partial charge in [0, 0.05) is 11.1 Å². The number of ketones is 1. The van der Waals surface area contributed by atoms with Crippen molar-refractivity contribution in [1.29, 1.82) is 5.26 Å². The van der Waals surface area contributed by atoms with E-state index in [4.69, 9.17) is 5.26 Å². The van der Waals surface area contributed by atoms with Gasteiger partial charge in [-0.15, -0.1) is 0 Å². The van der Waals surface area contributed by atoms with E-state index in [9.17, 15) is 4.79 Å². The molecule has 3 rings (SSSR count). The smallest absolute Gasteiger partial charge is 0.189 e. The average Bonchev–Trinajstić information content (AvgIpc) is 2.50. The highest BCUT2D eigenvalue weighted by atomic mass is 16.1. The van der Waals surface area contributed by atoms with Gasteiger partial charge in [0.2, 0.25) is 0 Å². The highest BCUT2D eigenvalue weighted by Crippen LogP contribution is 2.26. The number of nitrogens with zero attached hydrogens (tertiary/aromatic N) is 1. The second-order valence-electron chi connectivity index (χ2n) is 4.89. The average molecular weight is 259 g/mol. The molecular formula is C18H13NO. The van der Waals surface area contributed by atoms with E-state index < -0.39 is 0 Å². The number of aryl methyl sites for hydroxylation is 1. The molecule has 0 saturated heterocycles. The van der Waals surface area contributed by atoms with E-state index in [0.29, 0.717) is 5.56 Å². The molecule has 0 unspecified atom stereocenters. The van der Waals surface area contributed by atoms with Crippen LogP contribution in [0.15, 0.2) is 54.1 Å². The van der Waals surface area contributed by atoms with Gasteiger partial charge in [-0.25, -0.2) is 0 Å². The van der Waals surface area contributed by atoms with Gasteiger partial charge in [0.15, 0.2) is 5.78 Å². The SMILES string of the molecule is N#Cc1cccc(C=C2CCc3ccccc3C2=O)c1. The van der Waals surface area contributed by atoms with E-state index in [0.717, 1.165) is 35.1 Å². The summed E-state index contributed by atoms with van der Waals surface area (Å²) in [6.07, 6.45) is 3.55. The molecule has 0 N–H and O–H groups in total. The summed E-state index contributed by atoms with van der Waals surface area (Å²) >= 11 is 0. The highest BCUT2D eigenvalue weighted by Gasteiger charge is 2.20. The Morgan fingerprint density at radius 2 is 1.90 bits per heavy atom. The fourth-order valence-corrected chi connectivity index (χ4v) is 2.55. The zero-order valence-electron chi connectivity index (χ0n) is 11.0. The van der Waals surface area contributed by atoms with E-state index in [-0.39, 0.29) is 5.78 Å². The molecule has 0 amide bonds. The Bertz CT molecular complexity index is 750. The van der Waals surface area contributed by atoms with E-state index in [1.807, 2.05) is 42.5 Å². The molecule has 2 nitrogen and oxygen atoms in total. The van der Waals surface area contributed by atoms with Crippen molar-refractivity contribution in [2.75, 3.05) is 0 Å². The standard InChI is InChI=1S/C18H13NO/c19-12-14-5-3-4-13(10-14)11-16-9-8-15-6-1-2-7-17(15)18(16)20/h1-7,10-11H,8-9H2. The number of carbonyl (C=O) groups excluding carboxylic acids is 1. The van der Waals surface area contributed by atoms with Crippen LogP contribution >= 0.6 is 0 Å². The molecule has 2 aromatic carbocycles. The Labute approximate surface area is 118 Å². The zero-order valence-corrected chi connectivity index (χ0v) is 11.0. The molecule has 0 spiro atoms.